The van der Waals surface area contributed by atoms with Crippen LogP contribution in [-0.4, -0.2) is 0 Å². The lowest BCUT2D eigenvalue weighted by Gasteiger charge is -2.04. The SMILES string of the molecule is CCCCCCc1ccc(-c2cc3c(s2)-c2ccc(s2)-c2ccc(s2)-c2sc(-c4ccc(CCCCCC)s4)cc2SCc2ccc(cc2)N=Nc2ccc(cc2)CS3)s1. The second kappa shape index (κ2) is 20.4. The fourth-order valence-electron chi connectivity index (χ4n) is 7.23. The minimum atomic E-state index is 0.872. The Labute approximate surface area is 387 Å². The largest absolute Gasteiger partial charge is 0.151 e. The Balaban J connectivity index is 1.05. The second-order valence-electron chi connectivity index (χ2n) is 15.2. The van der Waals surface area contributed by atoms with Gasteiger partial charge in [-0.2, -0.15) is 10.2 Å². The minimum Gasteiger partial charge on any atom is -0.151 e. The first-order chi connectivity index (χ1) is 29.6. The van der Waals surface area contributed by atoms with Crippen LogP contribution in [0, 0.1) is 0 Å². The highest BCUT2D eigenvalue weighted by Crippen LogP contribution is 2.51. The van der Waals surface area contributed by atoms with E-state index in [0.717, 1.165) is 22.9 Å². The van der Waals surface area contributed by atoms with Crippen molar-refractivity contribution in [2.45, 2.75) is 99.4 Å². The van der Waals surface area contributed by atoms with Gasteiger partial charge in [0.25, 0.3) is 0 Å². The minimum absolute atomic E-state index is 0.872. The van der Waals surface area contributed by atoms with Gasteiger partial charge in [-0.3, -0.25) is 0 Å². The van der Waals surface area contributed by atoms with Gasteiger partial charge in [0.05, 0.1) is 21.1 Å². The van der Waals surface area contributed by atoms with Crippen molar-refractivity contribution in [1.82, 2.24) is 0 Å². The van der Waals surface area contributed by atoms with Gasteiger partial charge in [-0.15, -0.1) is 91.5 Å². The van der Waals surface area contributed by atoms with Gasteiger partial charge in [0, 0.05) is 70.1 Å². The third-order valence-electron chi connectivity index (χ3n) is 10.6. The zero-order valence-electron chi connectivity index (χ0n) is 34.0. The van der Waals surface area contributed by atoms with Crippen LogP contribution >= 0.6 is 91.5 Å². The summed E-state index contributed by atoms with van der Waals surface area (Å²) in [7, 11) is 0. The predicted octanol–water partition coefficient (Wildman–Crippen LogP) is 19.9. The van der Waals surface area contributed by atoms with Crippen LogP contribution < -0.4 is 0 Å². The van der Waals surface area contributed by atoms with Crippen LogP contribution in [-0.2, 0) is 24.3 Å². The Hall–Kier alpha value is -3.06. The Morgan fingerprint density at radius 3 is 1.22 bits per heavy atom. The summed E-state index contributed by atoms with van der Waals surface area (Å²) in [6, 6.07) is 40.9. The van der Waals surface area contributed by atoms with Crippen LogP contribution in [0.2, 0.25) is 0 Å². The van der Waals surface area contributed by atoms with Crippen molar-refractivity contribution < 1.29 is 0 Å². The first-order valence-electron chi connectivity index (χ1n) is 21.1. The molecule has 0 saturated carbocycles. The molecule has 306 valence electrons. The first-order valence-corrected chi connectivity index (χ1v) is 28.0. The second-order valence-corrected chi connectivity index (χ2v) is 23.8. The van der Waals surface area contributed by atoms with Gasteiger partial charge in [-0.1, -0.05) is 76.6 Å². The molecule has 2 aromatic carbocycles. The lowest BCUT2D eigenvalue weighted by atomic mass is 10.1. The summed E-state index contributed by atoms with van der Waals surface area (Å²) in [6.45, 7) is 4.57. The molecule has 10 heteroatoms. The standard InChI is InChI=1S/C50H48N2S8/c1-3-5-7-9-11-37-21-23-41(55-37)45-29-47-49(59-45)43-27-25-39(57-43)40-26-28-44(58-40)50-48(30-46(60-50)42-24-22-38(56-42)12-10-8-6-4-2)54-32-34-15-19-36(20-16-34)52-51-35-17-13-33(14-18-35)31-53-47/h13-30H,3-12,31-32H2,1-2H3. The highest BCUT2D eigenvalue weighted by Gasteiger charge is 2.20. The smallest absolute Gasteiger partial charge is 0.0857 e. The Morgan fingerprint density at radius 2 is 0.783 bits per heavy atom. The maximum Gasteiger partial charge on any atom is 0.0857 e. The van der Waals surface area contributed by atoms with E-state index in [1.807, 2.05) is 91.5 Å². The number of azo groups is 1. The number of fused-ring (bicyclic) bond motifs is 2. The number of unbranched alkanes of at least 4 members (excludes halogenated alkanes) is 6. The highest BCUT2D eigenvalue weighted by atomic mass is 32.2. The van der Waals surface area contributed by atoms with Crippen LogP contribution in [0.25, 0.3) is 48.8 Å². The number of benzene rings is 2. The normalized spacial score (nSPS) is 12.8. The number of rotatable bonds is 12. The first kappa shape index (κ1) is 42.3. The molecule has 0 amide bonds. The number of thiophene rings is 6. The lowest BCUT2D eigenvalue weighted by molar-refractivity contribution is 0.670. The molecule has 0 aliphatic carbocycles. The molecule has 6 aromatic heterocycles. The molecule has 3 aliphatic heterocycles. The van der Waals surface area contributed by atoms with Crippen molar-refractivity contribution in [3.8, 4) is 48.8 Å². The van der Waals surface area contributed by atoms with Crippen molar-refractivity contribution in [3.05, 3.63) is 130 Å². The summed E-state index contributed by atoms with van der Waals surface area (Å²) in [5, 5.41) is 9.19. The van der Waals surface area contributed by atoms with E-state index in [0.29, 0.717) is 0 Å². The molecule has 0 unspecified atom stereocenters. The predicted molar refractivity (Wildman–Crippen MR) is 273 cm³/mol. The molecule has 11 rings (SSSR count). The molecular formula is C50H48N2S8. The van der Waals surface area contributed by atoms with Crippen molar-refractivity contribution in [1.29, 1.82) is 0 Å². The van der Waals surface area contributed by atoms with Crippen LogP contribution in [0.1, 0.15) is 86.1 Å². The fraction of sp³-hybridized carbons (Fsp3) is 0.280. The summed E-state index contributed by atoms with van der Waals surface area (Å²) in [5.41, 5.74) is 4.32. The monoisotopic (exact) mass is 932 g/mol. The van der Waals surface area contributed by atoms with E-state index in [1.54, 1.807) is 0 Å². The average molecular weight is 933 g/mol. The van der Waals surface area contributed by atoms with Crippen LogP contribution in [0.15, 0.2) is 129 Å². The number of nitrogens with zero attached hydrogens (tertiary/aromatic N) is 2. The van der Waals surface area contributed by atoms with E-state index in [1.165, 1.54) is 144 Å². The summed E-state index contributed by atoms with van der Waals surface area (Å²) >= 11 is 15.6. The zero-order chi connectivity index (χ0) is 40.7. The van der Waals surface area contributed by atoms with Gasteiger partial charge in [-0.05, 0) is 122 Å². The van der Waals surface area contributed by atoms with Crippen LogP contribution in [0.5, 0.6) is 0 Å². The zero-order valence-corrected chi connectivity index (χ0v) is 40.6. The molecule has 8 aromatic rings. The Morgan fingerprint density at radius 1 is 0.383 bits per heavy atom. The molecule has 0 atom stereocenters. The van der Waals surface area contributed by atoms with Gasteiger partial charge < -0.3 is 0 Å². The summed E-state index contributed by atoms with van der Waals surface area (Å²) in [4.78, 5) is 19.4. The third kappa shape index (κ3) is 10.4. The fourth-order valence-corrected chi connectivity index (χ4v) is 16.7. The number of aryl methyl sites for hydroxylation is 2. The Kier molecular flexibility index (Phi) is 14.4. The summed E-state index contributed by atoms with van der Waals surface area (Å²) < 4.78 is 0. The summed E-state index contributed by atoms with van der Waals surface area (Å²) in [5.74, 6) is 1.80. The third-order valence-corrected chi connectivity index (χ3v) is 20.8. The molecule has 0 radical (unpaired) electrons. The van der Waals surface area contributed by atoms with Crippen molar-refractivity contribution in [2.24, 2.45) is 10.2 Å². The van der Waals surface area contributed by atoms with E-state index >= 15 is 0 Å². The summed E-state index contributed by atoms with van der Waals surface area (Å²) in [6.07, 6.45) is 12.8. The average Bonchev–Trinajstić information content (AvgIpc) is 4.13. The van der Waals surface area contributed by atoms with E-state index in [4.69, 9.17) is 0 Å². The van der Waals surface area contributed by atoms with Gasteiger partial charge in [-0.25, -0.2) is 0 Å². The Bertz CT molecular complexity index is 2460. The number of thioether (sulfide) groups is 2. The molecule has 60 heavy (non-hydrogen) atoms. The van der Waals surface area contributed by atoms with Gasteiger partial charge in [0.2, 0.25) is 0 Å². The lowest BCUT2D eigenvalue weighted by Crippen LogP contribution is -1.80. The maximum atomic E-state index is 4.60. The molecule has 0 saturated heterocycles. The van der Waals surface area contributed by atoms with Crippen molar-refractivity contribution >= 4 is 103 Å². The van der Waals surface area contributed by atoms with E-state index in [2.05, 4.69) is 133 Å². The molecule has 2 nitrogen and oxygen atoms in total. The number of hydrogen-bond acceptors (Lipinski definition) is 10. The molecular weight excluding hydrogens is 885 g/mol. The van der Waals surface area contributed by atoms with Crippen molar-refractivity contribution in [3.63, 3.8) is 0 Å². The molecule has 3 aliphatic rings. The van der Waals surface area contributed by atoms with Gasteiger partial charge >= 0.3 is 0 Å². The molecule has 0 N–H and O–H groups in total. The van der Waals surface area contributed by atoms with Gasteiger partial charge in [0.15, 0.2) is 0 Å². The number of hydrogen-bond donors (Lipinski definition) is 0. The molecule has 0 fully saturated rings. The van der Waals surface area contributed by atoms with Gasteiger partial charge in [0.1, 0.15) is 0 Å². The molecule has 8 bridgehead atoms. The molecule has 0 spiro atoms. The van der Waals surface area contributed by atoms with E-state index in [-0.39, 0.29) is 0 Å². The highest BCUT2D eigenvalue weighted by molar-refractivity contribution is 7.99. The quantitative estimate of drug-likeness (QED) is 0.114. The molecule has 9 heterocycles. The van der Waals surface area contributed by atoms with E-state index < -0.39 is 0 Å². The van der Waals surface area contributed by atoms with Crippen LogP contribution in [0.4, 0.5) is 11.4 Å². The maximum absolute atomic E-state index is 4.60. The van der Waals surface area contributed by atoms with E-state index in [9.17, 15) is 0 Å². The van der Waals surface area contributed by atoms with Crippen LogP contribution in [0.3, 0.4) is 0 Å². The van der Waals surface area contributed by atoms with Crippen molar-refractivity contribution in [2.75, 3.05) is 0 Å². The topological polar surface area (TPSA) is 24.7 Å².